The number of nitrogens with one attached hydrogen (secondary N) is 1. The summed E-state index contributed by atoms with van der Waals surface area (Å²) in [7, 11) is 0. The zero-order valence-corrected chi connectivity index (χ0v) is 18.4. The van der Waals surface area contributed by atoms with E-state index in [9.17, 15) is 24.5 Å². The largest absolute Gasteiger partial charge is 0.454 e. The van der Waals surface area contributed by atoms with E-state index < -0.39 is 23.4 Å². The van der Waals surface area contributed by atoms with Crippen molar-refractivity contribution in [2.45, 2.75) is 13.3 Å². The number of rotatable bonds is 8. The lowest BCUT2D eigenvalue weighted by Crippen LogP contribution is -2.18. The molecule has 1 aromatic heterocycles. The van der Waals surface area contributed by atoms with Gasteiger partial charge in [-0.25, -0.2) is 4.79 Å². The van der Waals surface area contributed by atoms with E-state index in [1.165, 1.54) is 29.5 Å². The Labute approximate surface area is 191 Å². The molecule has 0 aliphatic heterocycles. The van der Waals surface area contributed by atoms with Crippen molar-refractivity contribution in [2.24, 2.45) is 0 Å². The Morgan fingerprint density at radius 1 is 1.09 bits per heavy atom. The van der Waals surface area contributed by atoms with Crippen LogP contribution in [0.2, 0.25) is 5.02 Å². The second kappa shape index (κ2) is 10.2. The lowest BCUT2D eigenvalue weighted by molar-refractivity contribution is -0.384. The number of hydrogen-bond donors (Lipinski definition) is 1. The molecular weight excluding hydrogens is 456 g/mol. The second-order valence-corrected chi connectivity index (χ2v) is 8.12. The number of thiophene rings is 1. The number of carbonyl (C=O) groups excluding carboxylic acids is 3. The van der Waals surface area contributed by atoms with E-state index in [2.05, 4.69) is 5.32 Å². The highest BCUT2D eigenvalue weighted by Gasteiger charge is 2.20. The number of non-ortho nitro benzene ring substituents is 1. The topological polar surface area (TPSA) is 116 Å². The van der Waals surface area contributed by atoms with Crippen molar-refractivity contribution in [2.75, 3.05) is 11.9 Å². The third-order valence-electron chi connectivity index (χ3n) is 4.42. The van der Waals surface area contributed by atoms with E-state index in [1.54, 1.807) is 18.2 Å². The molecule has 3 aromatic rings. The number of ether oxygens (including phenoxy) is 1. The number of esters is 1. The van der Waals surface area contributed by atoms with Crippen LogP contribution in [0.15, 0.2) is 54.6 Å². The Hall–Kier alpha value is -3.56. The molecule has 32 heavy (non-hydrogen) atoms. The second-order valence-electron chi connectivity index (χ2n) is 6.54. The fraction of sp³-hybridized carbons (Fsp3) is 0.136. The first-order valence-electron chi connectivity index (χ1n) is 9.43. The van der Waals surface area contributed by atoms with Crippen molar-refractivity contribution in [3.05, 3.63) is 90.6 Å². The zero-order valence-electron chi connectivity index (χ0n) is 16.8. The summed E-state index contributed by atoms with van der Waals surface area (Å²) < 4.78 is 5.15. The van der Waals surface area contributed by atoms with Crippen molar-refractivity contribution in [1.29, 1.82) is 0 Å². The van der Waals surface area contributed by atoms with E-state index in [-0.39, 0.29) is 33.3 Å². The van der Waals surface area contributed by atoms with E-state index in [1.807, 2.05) is 13.0 Å². The van der Waals surface area contributed by atoms with Gasteiger partial charge >= 0.3 is 5.97 Å². The van der Waals surface area contributed by atoms with Crippen LogP contribution in [0.4, 0.5) is 11.4 Å². The maximum atomic E-state index is 12.6. The number of aryl methyl sites for hydroxylation is 1. The van der Waals surface area contributed by atoms with Crippen LogP contribution in [0.5, 0.6) is 0 Å². The highest BCUT2D eigenvalue weighted by Crippen LogP contribution is 2.25. The van der Waals surface area contributed by atoms with Gasteiger partial charge in [-0.15, -0.1) is 11.3 Å². The molecule has 0 aliphatic rings. The van der Waals surface area contributed by atoms with Crippen molar-refractivity contribution in [3.8, 4) is 0 Å². The summed E-state index contributed by atoms with van der Waals surface area (Å²) in [6.45, 7) is 1.55. The van der Waals surface area contributed by atoms with Crippen LogP contribution in [0, 0.1) is 10.1 Å². The molecule has 0 unspecified atom stereocenters. The van der Waals surface area contributed by atoms with E-state index in [4.69, 9.17) is 16.3 Å². The summed E-state index contributed by atoms with van der Waals surface area (Å²) in [6, 6.07) is 13.1. The van der Waals surface area contributed by atoms with Crippen LogP contribution in [-0.4, -0.2) is 29.2 Å². The molecule has 0 saturated carbocycles. The van der Waals surface area contributed by atoms with Gasteiger partial charge in [-0.05, 0) is 36.8 Å². The van der Waals surface area contributed by atoms with Gasteiger partial charge in [0.05, 0.1) is 31.6 Å². The van der Waals surface area contributed by atoms with Crippen molar-refractivity contribution >= 4 is 52.0 Å². The number of nitro benzene ring substituents is 1. The number of ketones is 1. The Morgan fingerprint density at radius 3 is 2.50 bits per heavy atom. The Morgan fingerprint density at radius 2 is 1.84 bits per heavy atom. The van der Waals surface area contributed by atoms with Gasteiger partial charge in [-0.3, -0.25) is 19.7 Å². The van der Waals surface area contributed by atoms with E-state index in [0.717, 1.165) is 23.4 Å². The van der Waals surface area contributed by atoms with Crippen molar-refractivity contribution < 1.29 is 24.0 Å². The van der Waals surface area contributed by atoms with Gasteiger partial charge < -0.3 is 10.1 Å². The van der Waals surface area contributed by atoms with Crippen LogP contribution in [0.25, 0.3) is 0 Å². The number of Topliss-reactive ketones (excluding diaryl/α,β-unsaturated/α-hetero) is 1. The fourth-order valence-electron chi connectivity index (χ4n) is 2.76. The number of amides is 1. The van der Waals surface area contributed by atoms with Crippen LogP contribution >= 0.6 is 22.9 Å². The minimum absolute atomic E-state index is 0.0000357. The average Bonchev–Trinajstić information content (AvgIpc) is 3.27. The molecule has 0 bridgehead atoms. The minimum atomic E-state index is -0.781. The summed E-state index contributed by atoms with van der Waals surface area (Å²) >= 11 is 7.35. The zero-order chi connectivity index (χ0) is 23.3. The maximum absolute atomic E-state index is 12.6. The van der Waals surface area contributed by atoms with E-state index >= 15 is 0 Å². The normalized spacial score (nSPS) is 10.4. The molecule has 1 amide bonds. The SMILES string of the molecule is CCc1ccc(C(=O)COC(=O)c2ccccc2NC(=O)c2ccc([N+](=O)[O-])cc2Cl)s1. The lowest BCUT2D eigenvalue weighted by Gasteiger charge is -2.11. The number of halogens is 1. The molecule has 10 heteroatoms. The number of nitro groups is 1. The Kier molecular flexibility index (Phi) is 7.34. The summed E-state index contributed by atoms with van der Waals surface area (Å²) in [6.07, 6.45) is 0.809. The van der Waals surface area contributed by atoms with Gasteiger partial charge in [-0.2, -0.15) is 0 Å². The first-order chi connectivity index (χ1) is 15.3. The van der Waals surface area contributed by atoms with Crippen molar-refractivity contribution in [3.63, 3.8) is 0 Å². The number of benzene rings is 2. The molecule has 0 radical (unpaired) electrons. The molecule has 1 heterocycles. The number of carbonyl (C=O) groups is 3. The molecule has 3 rings (SSSR count). The number of para-hydroxylation sites is 1. The highest BCUT2D eigenvalue weighted by molar-refractivity contribution is 7.14. The first-order valence-corrected chi connectivity index (χ1v) is 10.6. The monoisotopic (exact) mass is 472 g/mol. The third-order valence-corrected chi connectivity index (χ3v) is 6.01. The summed E-state index contributed by atoms with van der Waals surface area (Å²) in [4.78, 5) is 49.2. The minimum Gasteiger partial charge on any atom is -0.454 e. The molecule has 8 nitrogen and oxygen atoms in total. The predicted octanol–water partition coefficient (Wildman–Crippen LogP) is 5.16. The van der Waals surface area contributed by atoms with Crippen LogP contribution in [0.3, 0.4) is 0 Å². The fourth-order valence-corrected chi connectivity index (χ4v) is 3.89. The average molecular weight is 473 g/mol. The standard InChI is InChI=1S/C22H17ClN2O6S/c1-2-14-8-10-20(32-14)19(26)12-31-22(28)16-5-3-4-6-18(16)24-21(27)15-9-7-13(25(29)30)11-17(15)23/h3-11H,2,12H2,1H3,(H,24,27). The van der Waals surface area contributed by atoms with Crippen LogP contribution < -0.4 is 5.32 Å². The maximum Gasteiger partial charge on any atom is 0.340 e. The molecule has 0 atom stereocenters. The quantitative estimate of drug-likeness (QED) is 0.209. The first kappa shape index (κ1) is 23.1. The van der Waals surface area contributed by atoms with E-state index in [0.29, 0.717) is 4.88 Å². The van der Waals surface area contributed by atoms with Gasteiger partial charge in [0.2, 0.25) is 5.78 Å². The molecule has 1 N–H and O–H groups in total. The number of anilines is 1. The molecule has 0 spiro atoms. The molecule has 2 aromatic carbocycles. The number of nitrogens with zero attached hydrogens (tertiary/aromatic N) is 1. The van der Waals surface area contributed by atoms with Crippen molar-refractivity contribution in [1.82, 2.24) is 0 Å². The molecule has 0 saturated heterocycles. The summed E-state index contributed by atoms with van der Waals surface area (Å²) in [5, 5.41) is 13.3. The summed E-state index contributed by atoms with van der Waals surface area (Å²) in [5.74, 6) is -1.76. The highest BCUT2D eigenvalue weighted by atomic mass is 35.5. The molecular formula is C22H17ClN2O6S. The van der Waals surface area contributed by atoms with Gasteiger partial charge in [0.25, 0.3) is 11.6 Å². The Balaban J connectivity index is 1.71. The van der Waals surface area contributed by atoms with Gasteiger partial charge in [-0.1, -0.05) is 30.7 Å². The lowest BCUT2D eigenvalue weighted by atomic mass is 10.1. The molecule has 164 valence electrons. The Bertz CT molecular complexity index is 1210. The smallest absolute Gasteiger partial charge is 0.340 e. The van der Waals surface area contributed by atoms with Gasteiger partial charge in [0, 0.05) is 17.0 Å². The molecule has 0 fully saturated rings. The van der Waals surface area contributed by atoms with Crippen LogP contribution in [-0.2, 0) is 11.2 Å². The summed E-state index contributed by atoms with van der Waals surface area (Å²) in [5.41, 5.74) is -0.0575. The third kappa shape index (κ3) is 5.37. The number of hydrogen-bond acceptors (Lipinski definition) is 7. The van der Waals surface area contributed by atoms with Gasteiger partial charge in [0.15, 0.2) is 6.61 Å². The molecule has 0 aliphatic carbocycles. The van der Waals surface area contributed by atoms with Crippen LogP contribution in [0.1, 0.15) is 42.2 Å². The predicted molar refractivity (Wildman–Crippen MR) is 121 cm³/mol. The van der Waals surface area contributed by atoms with Gasteiger partial charge in [0.1, 0.15) is 0 Å².